The van der Waals surface area contributed by atoms with Crippen molar-refractivity contribution >= 4 is 11.8 Å². The second-order valence-corrected chi connectivity index (χ2v) is 6.51. The summed E-state index contributed by atoms with van der Waals surface area (Å²) in [5.74, 6) is 1.47. The molecule has 0 aliphatic heterocycles. The number of amides is 2. The number of rotatable bonds is 4. The van der Waals surface area contributed by atoms with Gasteiger partial charge in [0, 0.05) is 11.6 Å². The zero-order valence-electron chi connectivity index (χ0n) is 14.5. The molecule has 0 spiro atoms. The van der Waals surface area contributed by atoms with Gasteiger partial charge in [0.25, 0.3) is 0 Å². The minimum atomic E-state index is -0.250. The lowest BCUT2D eigenvalue weighted by Gasteiger charge is -2.24. The summed E-state index contributed by atoms with van der Waals surface area (Å²) >= 11 is 0. The molecule has 2 heterocycles. The number of aryl methyl sites for hydroxylation is 2. The molecule has 1 fully saturated rings. The van der Waals surface area contributed by atoms with Crippen LogP contribution in [0, 0.1) is 13.8 Å². The Kier molecular flexibility index (Phi) is 4.87. The molecule has 1 aliphatic rings. The monoisotopic (exact) mass is 331 g/mol. The third kappa shape index (κ3) is 3.44. The number of nitrogens with one attached hydrogen (secondary N) is 2. The summed E-state index contributed by atoms with van der Waals surface area (Å²) in [6.45, 7) is 5.65. The topological polar surface area (TPSA) is 85.0 Å². The lowest BCUT2D eigenvalue weighted by molar-refractivity contribution is 0.248. The highest BCUT2D eigenvalue weighted by Crippen LogP contribution is 2.30. The first-order chi connectivity index (χ1) is 11.6. The van der Waals surface area contributed by atoms with Gasteiger partial charge in [0.2, 0.25) is 0 Å². The summed E-state index contributed by atoms with van der Waals surface area (Å²) in [6, 6.07) is 1.79. The van der Waals surface area contributed by atoms with E-state index in [0.29, 0.717) is 6.04 Å². The Balaban J connectivity index is 1.64. The Hall–Kier alpha value is -2.31. The smallest absolute Gasteiger partial charge is 0.320 e. The number of carbonyl (C=O) groups is 1. The lowest BCUT2D eigenvalue weighted by Crippen LogP contribution is -2.32. The van der Waals surface area contributed by atoms with Crippen LogP contribution in [-0.4, -0.2) is 21.0 Å². The van der Waals surface area contributed by atoms with E-state index in [1.54, 1.807) is 6.20 Å². The number of urea groups is 1. The molecule has 0 unspecified atom stereocenters. The molecule has 7 heteroatoms. The predicted octanol–water partition coefficient (Wildman–Crippen LogP) is 3.88. The molecule has 0 aromatic carbocycles. The average Bonchev–Trinajstić information content (AvgIpc) is 3.14. The van der Waals surface area contributed by atoms with Gasteiger partial charge in [-0.05, 0) is 33.6 Å². The van der Waals surface area contributed by atoms with Gasteiger partial charge in [-0.2, -0.15) is 5.10 Å². The van der Waals surface area contributed by atoms with E-state index in [1.807, 2.05) is 31.5 Å². The first-order valence-corrected chi connectivity index (χ1v) is 8.60. The van der Waals surface area contributed by atoms with Crippen LogP contribution in [0.2, 0.25) is 0 Å². The van der Waals surface area contributed by atoms with E-state index in [9.17, 15) is 4.79 Å². The first-order valence-electron chi connectivity index (χ1n) is 8.60. The molecule has 2 N–H and O–H groups in total. The van der Waals surface area contributed by atoms with E-state index >= 15 is 0 Å². The van der Waals surface area contributed by atoms with Gasteiger partial charge in [-0.1, -0.05) is 24.4 Å². The fourth-order valence-electron chi connectivity index (χ4n) is 3.56. The van der Waals surface area contributed by atoms with Gasteiger partial charge < -0.3 is 9.84 Å². The molecule has 130 valence electrons. The van der Waals surface area contributed by atoms with Crippen LogP contribution < -0.4 is 10.6 Å². The van der Waals surface area contributed by atoms with Crippen molar-refractivity contribution in [3.8, 4) is 0 Å². The molecule has 0 radical (unpaired) electrons. The van der Waals surface area contributed by atoms with Crippen LogP contribution in [0.15, 0.2) is 16.8 Å². The van der Waals surface area contributed by atoms with Crippen LogP contribution in [0.3, 0.4) is 0 Å². The van der Waals surface area contributed by atoms with Crippen molar-refractivity contribution < 1.29 is 9.32 Å². The molecule has 1 atom stereocenters. The van der Waals surface area contributed by atoms with Crippen LogP contribution in [0.4, 0.5) is 10.6 Å². The third-order valence-corrected chi connectivity index (χ3v) is 4.70. The molecule has 1 aliphatic carbocycles. The molecular weight excluding hydrogens is 306 g/mol. The minimum absolute atomic E-state index is 0.178. The van der Waals surface area contributed by atoms with Crippen LogP contribution >= 0.6 is 0 Å². The van der Waals surface area contributed by atoms with E-state index in [4.69, 9.17) is 4.52 Å². The van der Waals surface area contributed by atoms with Crippen LogP contribution in [0.25, 0.3) is 0 Å². The van der Waals surface area contributed by atoms with Crippen molar-refractivity contribution in [2.45, 2.75) is 65.0 Å². The molecule has 7 nitrogen and oxygen atoms in total. The second-order valence-electron chi connectivity index (χ2n) is 6.51. The molecule has 1 saturated carbocycles. The van der Waals surface area contributed by atoms with Gasteiger partial charge in [-0.25, -0.2) is 9.48 Å². The number of hydrogen-bond acceptors (Lipinski definition) is 4. The summed E-state index contributed by atoms with van der Waals surface area (Å²) in [7, 11) is 0. The molecule has 2 aromatic heterocycles. The van der Waals surface area contributed by atoms with E-state index in [2.05, 4.69) is 20.9 Å². The number of nitrogens with zero attached hydrogens (tertiary/aromatic N) is 3. The molecule has 3 rings (SSSR count). The zero-order valence-corrected chi connectivity index (χ0v) is 14.5. The molecular formula is C17H25N5O2. The lowest BCUT2D eigenvalue weighted by atomic mass is 9.96. The number of hydrogen-bond donors (Lipinski definition) is 2. The molecule has 24 heavy (non-hydrogen) atoms. The average molecular weight is 331 g/mol. The van der Waals surface area contributed by atoms with Crippen molar-refractivity contribution in [2.75, 3.05) is 5.32 Å². The number of anilines is 1. The van der Waals surface area contributed by atoms with E-state index in [0.717, 1.165) is 35.7 Å². The number of carbonyl (C=O) groups excluding carboxylic acids is 1. The summed E-state index contributed by atoms with van der Waals surface area (Å²) in [4.78, 5) is 12.4. The standard InChI is InChI=1S/C17H25N5O2/c1-11(16-12(2)21-24-13(16)3)19-17(23)20-15-9-10-18-22(15)14-7-5-4-6-8-14/h9-11,14H,4-8H2,1-3H3,(H2,19,20,23)/t11-/m0/s1. The fourth-order valence-corrected chi connectivity index (χ4v) is 3.56. The van der Waals surface area contributed by atoms with Crippen LogP contribution in [-0.2, 0) is 0 Å². The van der Waals surface area contributed by atoms with Crippen LogP contribution in [0.5, 0.6) is 0 Å². The molecule has 2 aromatic rings. The van der Waals surface area contributed by atoms with Crippen molar-refractivity contribution in [1.82, 2.24) is 20.3 Å². The highest BCUT2D eigenvalue weighted by Gasteiger charge is 2.21. The van der Waals surface area contributed by atoms with E-state index in [-0.39, 0.29) is 12.1 Å². The van der Waals surface area contributed by atoms with Gasteiger partial charge in [-0.3, -0.25) is 5.32 Å². The molecule has 0 saturated heterocycles. The maximum atomic E-state index is 12.4. The fraction of sp³-hybridized carbons (Fsp3) is 0.588. The first kappa shape index (κ1) is 16.5. The third-order valence-electron chi connectivity index (χ3n) is 4.70. The zero-order chi connectivity index (χ0) is 17.1. The normalized spacial score (nSPS) is 16.8. The molecule has 2 amide bonds. The Bertz CT molecular complexity index is 680. The minimum Gasteiger partial charge on any atom is -0.361 e. The van der Waals surface area contributed by atoms with E-state index in [1.165, 1.54) is 19.3 Å². The predicted molar refractivity (Wildman–Crippen MR) is 90.9 cm³/mol. The summed E-state index contributed by atoms with van der Waals surface area (Å²) in [6.07, 6.45) is 7.71. The molecule has 0 bridgehead atoms. The quantitative estimate of drug-likeness (QED) is 0.890. The Morgan fingerprint density at radius 3 is 2.75 bits per heavy atom. The highest BCUT2D eigenvalue weighted by molar-refractivity contribution is 5.88. The Labute approximate surface area is 141 Å². The van der Waals surface area contributed by atoms with Crippen molar-refractivity contribution in [3.05, 3.63) is 29.3 Å². The largest absolute Gasteiger partial charge is 0.361 e. The van der Waals surface area contributed by atoms with Crippen LogP contribution in [0.1, 0.15) is 68.1 Å². The van der Waals surface area contributed by atoms with Gasteiger partial charge in [0.05, 0.1) is 24.0 Å². The SMILES string of the molecule is Cc1noc(C)c1[C@H](C)NC(=O)Nc1ccnn1C1CCCCC1. The Morgan fingerprint density at radius 1 is 1.33 bits per heavy atom. The summed E-state index contributed by atoms with van der Waals surface area (Å²) in [5.41, 5.74) is 1.72. The second kappa shape index (κ2) is 7.07. The summed E-state index contributed by atoms with van der Waals surface area (Å²) < 4.78 is 7.11. The Morgan fingerprint density at radius 2 is 2.08 bits per heavy atom. The van der Waals surface area contributed by atoms with Crippen molar-refractivity contribution in [2.24, 2.45) is 0 Å². The van der Waals surface area contributed by atoms with Gasteiger partial charge in [-0.15, -0.1) is 0 Å². The van der Waals surface area contributed by atoms with Crippen molar-refractivity contribution in [3.63, 3.8) is 0 Å². The van der Waals surface area contributed by atoms with Gasteiger partial charge >= 0.3 is 6.03 Å². The van der Waals surface area contributed by atoms with Crippen molar-refractivity contribution in [1.29, 1.82) is 0 Å². The number of aromatic nitrogens is 3. The maximum Gasteiger partial charge on any atom is 0.320 e. The highest BCUT2D eigenvalue weighted by atomic mass is 16.5. The maximum absolute atomic E-state index is 12.4. The van der Waals surface area contributed by atoms with E-state index < -0.39 is 0 Å². The summed E-state index contributed by atoms with van der Waals surface area (Å²) in [5, 5.41) is 14.2. The van der Waals surface area contributed by atoms with Gasteiger partial charge in [0.1, 0.15) is 11.6 Å². The van der Waals surface area contributed by atoms with Gasteiger partial charge in [0.15, 0.2) is 0 Å².